The van der Waals surface area contributed by atoms with E-state index < -0.39 is 17.2 Å². The number of nitrogens with one attached hydrogen (secondary N) is 3. The minimum absolute atomic E-state index is 0.0107. The molecule has 2 aliphatic heterocycles. The van der Waals surface area contributed by atoms with Gasteiger partial charge in [-0.15, -0.1) is 0 Å². The summed E-state index contributed by atoms with van der Waals surface area (Å²) in [4.78, 5) is 38.5. The van der Waals surface area contributed by atoms with Crippen molar-refractivity contribution in [2.75, 3.05) is 32.1 Å². The first-order chi connectivity index (χ1) is 23.6. The lowest BCUT2D eigenvalue weighted by Gasteiger charge is -2.20. The molecule has 256 valence electrons. The molecule has 4 aromatic rings. The molecule has 14 heteroatoms. The Kier molecular flexibility index (Phi) is 10.3. The Balaban J connectivity index is 1.20. The molecule has 49 heavy (non-hydrogen) atoms. The fourth-order valence-electron chi connectivity index (χ4n) is 6.21. The van der Waals surface area contributed by atoms with Crippen LogP contribution in [0, 0.1) is 11.2 Å². The smallest absolute Gasteiger partial charge is 0.310 e. The number of pyridine rings is 3. The Hall–Kier alpha value is -4.36. The van der Waals surface area contributed by atoms with E-state index in [4.69, 9.17) is 32.9 Å². The van der Waals surface area contributed by atoms with Crippen molar-refractivity contribution in [1.29, 1.82) is 0 Å². The van der Waals surface area contributed by atoms with Crippen molar-refractivity contribution in [2.45, 2.75) is 45.3 Å². The second-order valence-corrected chi connectivity index (χ2v) is 13.3. The summed E-state index contributed by atoms with van der Waals surface area (Å²) < 4.78 is 21.3. The molecule has 5 heterocycles. The van der Waals surface area contributed by atoms with Crippen LogP contribution in [-0.4, -0.2) is 69.6 Å². The normalized spacial score (nSPS) is 19.2. The molecule has 0 bridgehead atoms. The van der Waals surface area contributed by atoms with Crippen LogP contribution >= 0.6 is 23.2 Å². The van der Waals surface area contributed by atoms with Crippen molar-refractivity contribution in [3.63, 3.8) is 0 Å². The molecule has 0 unspecified atom stereocenters. The Morgan fingerprint density at radius 2 is 1.94 bits per heavy atom. The van der Waals surface area contributed by atoms with Crippen LogP contribution in [0.2, 0.25) is 10.0 Å². The van der Waals surface area contributed by atoms with E-state index in [0.717, 1.165) is 12.0 Å². The van der Waals surface area contributed by atoms with Gasteiger partial charge in [0.2, 0.25) is 11.8 Å². The van der Waals surface area contributed by atoms with Crippen molar-refractivity contribution in [3.8, 4) is 28.4 Å². The summed E-state index contributed by atoms with van der Waals surface area (Å²) in [5.74, 6) is -0.894. The zero-order valence-corrected chi connectivity index (χ0v) is 28.5. The van der Waals surface area contributed by atoms with Crippen LogP contribution in [0.4, 0.5) is 15.9 Å². The highest BCUT2D eigenvalue weighted by Gasteiger charge is 2.40. The number of carboxylic acid groups (broad SMARTS) is 1. The van der Waals surface area contributed by atoms with Gasteiger partial charge in [-0.25, -0.2) is 14.4 Å². The lowest BCUT2D eigenvalue weighted by Crippen LogP contribution is -2.35. The van der Waals surface area contributed by atoms with Gasteiger partial charge < -0.3 is 25.8 Å². The number of carbonyl (C=O) groups is 2. The zero-order valence-electron chi connectivity index (χ0n) is 27.0. The summed E-state index contributed by atoms with van der Waals surface area (Å²) >= 11 is 13.8. The number of hydrogen-bond donors (Lipinski definition) is 4. The highest BCUT2D eigenvalue weighted by Crippen LogP contribution is 2.41. The summed E-state index contributed by atoms with van der Waals surface area (Å²) in [6.07, 6.45) is 4.97. The summed E-state index contributed by atoms with van der Waals surface area (Å²) in [6, 6.07) is 12.5. The van der Waals surface area contributed by atoms with Crippen LogP contribution < -0.4 is 20.7 Å². The number of aromatic nitrogens is 3. The van der Waals surface area contributed by atoms with E-state index in [0.29, 0.717) is 83.7 Å². The minimum atomic E-state index is -0.856. The average molecular weight is 709 g/mol. The van der Waals surface area contributed by atoms with Crippen molar-refractivity contribution in [2.24, 2.45) is 5.41 Å². The number of hydrogen-bond acceptors (Lipinski definition) is 9. The van der Waals surface area contributed by atoms with E-state index in [1.165, 1.54) is 6.20 Å². The molecular weight excluding hydrogens is 672 g/mol. The quantitative estimate of drug-likeness (QED) is 0.137. The molecule has 3 aromatic heterocycles. The molecular formula is C35H36Cl2FN7O4. The molecule has 0 aliphatic carbocycles. The van der Waals surface area contributed by atoms with E-state index in [9.17, 15) is 14.7 Å². The van der Waals surface area contributed by atoms with Crippen LogP contribution in [0.15, 0.2) is 54.9 Å². The predicted octanol–water partition coefficient (Wildman–Crippen LogP) is 6.07. The number of amides is 1. The predicted molar refractivity (Wildman–Crippen MR) is 185 cm³/mol. The number of carboxylic acids is 1. The molecule has 0 spiro atoms. The SMILES string of the molecule is COc1nc(-c2ccnc(-c3cccc(Nc4nccc(CN5CC[C@](C)(C(=O)O)C5)c4F)c3Cl)c2Cl)ccc1CNC[C@H]1CCC(=O)N1. The maximum atomic E-state index is 15.7. The van der Waals surface area contributed by atoms with Crippen LogP contribution in [0.1, 0.15) is 37.3 Å². The molecule has 2 fully saturated rings. The first-order valence-electron chi connectivity index (χ1n) is 15.9. The third-order valence-electron chi connectivity index (χ3n) is 9.03. The average Bonchev–Trinajstić information content (AvgIpc) is 3.69. The number of nitrogens with zero attached hydrogens (tertiary/aromatic N) is 4. The third-order valence-corrected chi connectivity index (χ3v) is 9.82. The van der Waals surface area contributed by atoms with Crippen LogP contribution in [-0.2, 0) is 22.7 Å². The van der Waals surface area contributed by atoms with E-state index in [2.05, 4.69) is 25.9 Å². The molecule has 4 N–H and O–H groups in total. The molecule has 0 saturated carbocycles. The Labute approximate surface area is 293 Å². The molecule has 11 nitrogen and oxygen atoms in total. The summed E-state index contributed by atoms with van der Waals surface area (Å²) in [5, 5.41) is 19.5. The van der Waals surface area contributed by atoms with Crippen LogP contribution in [0.25, 0.3) is 22.5 Å². The maximum Gasteiger partial charge on any atom is 0.310 e. The number of benzene rings is 1. The number of rotatable bonds is 12. The second kappa shape index (κ2) is 14.6. The molecule has 2 saturated heterocycles. The number of aliphatic carboxylic acids is 1. The standard InChI is InChI=1S/C35H36Cl2FN7O4/c1-35(34(47)48)12-15-45(19-35)18-21-10-13-41-32(30(21)38)43-26-5-3-4-24(28(26)36)31-29(37)23(11-14-40-31)25-8-6-20(33(44-25)49-2)16-39-17-22-7-9-27(46)42-22/h3-6,8,10-11,13-14,22,39H,7,9,12,15-19H2,1-2H3,(H,41,43)(H,42,46)(H,47,48)/t22-,35+/m1/s1. The van der Waals surface area contributed by atoms with Crippen LogP contribution in [0.3, 0.4) is 0 Å². The highest BCUT2D eigenvalue weighted by atomic mass is 35.5. The molecule has 0 radical (unpaired) electrons. The topological polar surface area (TPSA) is 142 Å². The second-order valence-electron chi connectivity index (χ2n) is 12.6. The Morgan fingerprint density at radius 1 is 1.12 bits per heavy atom. The molecule has 6 rings (SSSR count). The van der Waals surface area contributed by atoms with Gasteiger partial charge in [0.1, 0.15) is 0 Å². The van der Waals surface area contributed by atoms with Gasteiger partial charge in [0.25, 0.3) is 0 Å². The summed E-state index contributed by atoms with van der Waals surface area (Å²) in [7, 11) is 1.55. The van der Waals surface area contributed by atoms with Gasteiger partial charge in [-0.05, 0) is 50.6 Å². The summed E-state index contributed by atoms with van der Waals surface area (Å²) in [6.45, 7) is 4.00. The summed E-state index contributed by atoms with van der Waals surface area (Å²) in [5.41, 5.74) is 2.92. The number of carbonyl (C=O) groups excluding carboxylic acids is 1. The molecule has 1 aromatic carbocycles. The maximum absolute atomic E-state index is 15.7. The first-order valence-corrected chi connectivity index (χ1v) is 16.7. The van der Waals surface area contributed by atoms with Crippen molar-refractivity contribution < 1.29 is 23.8 Å². The van der Waals surface area contributed by atoms with Gasteiger partial charge >= 0.3 is 5.97 Å². The van der Waals surface area contributed by atoms with Gasteiger partial charge in [0, 0.05) is 73.3 Å². The van der Waals surface area contributed by atoms with Gasteiger partial charge in [0.15, 0.2) is 11.6 Å². The molecule has 2 aliphatic rings. The monoisotopic (exact) mass is 707 g/mol. The van der Waals surface area contributed by atoms with Crippen LogP contribution in [0.5, 0.6) is 5.88 Å². The fourth-order valence-corrected chi connectivity index (χ4v) is 6.78. The molecule has 2 atom stereocenters. The van der Waals surface area contributed by atoms with Gasteiger partial charge in [-0.1, -0.05) is 41.4 Å². The number of halogens is 3. The van der Waals surface area contributed by atoms with Gasteiger partial charge in [-0.3, -0.25) is 19.5 Å². The van der Waals surface area contributed by atoms with Crippen molar-refractivity contribution in [3.05, 3.63) is 81.8 Å². The van der Waals surface area contributed by atoms with Gasteiger partial charge in [0.05, 0.1) is 39.6 Å². The lowest BCUT2D eigenvalue weighted by atomic mass is 9.90. The van der Waals surface area contributed by atoms with E-state index in [1.807, 2.05) is 17.0 Å². The fraction of sp³-hybridized carbons (Fsp3) is 0.343. The van der Waals surface area contributed by atoms with E-state index in [1.54, 1.807) is 50.6 Å². The van der Waals surface area contributed by atoms with Crippen molar-refractivity contribution in [1.82, 2.24) is 30.5 Å². The number of ether oxygens (including phenoxy) is 1. The minimum Gasteiger partial charge on any atom is -0.481 e. The number of anilines is 2. The first kappa shape index (κ1) is 34.5. The third kappa shape index (κ3) is 7.47. The number of likely N-dealkylation sites (tertiary alicyclic amines) is 1. The van der Waals surface area contributed by atoms with Gasteiger partial charge in [-0.2, -0.15) is 0 Å². The Bertz CT molecular complexity index is 1900. The molecule has 1 amide bonds. The Morgan fingerprint density at radius 3 is 2.67 bits per heavy atom. The number of methoxy groups -OCH3 is 1. The zero-order chi connectivity index (χ0) is 34.7. The van der Waals surface area contributed by atoms with E-state index >= 15 is 4.39 Å². The lowest BCUT2D eigenvalue weighted by molar-refractivity contribution is -0.147. The highest BCUT2D eigenvalue weighted by molar-refractivity contribution is 6.39. The van der Waals surface area contributed by atoms with Crippen molar-refractivity contribution >= 4 is 46.6 Å². The largest absolute Gasteiger partial charge is 0.481 e. The van der Waals surface area contributed by atoms with E-state index in [-0.39, 0.29) is 29.3 Å².